The highest BCUT2D eigenvalue weighted by atomic mass is 16.2. The second kappa shape index (κ2) is 14.6. The van der Waals surface area contributed by atoms with Crippen molar-refractivity contribution >= 4 is 40.3 Å². The van der Waals surface area contributed by atoms with E-state index in [0.29, 0.717) is 38.0 Å². The maximum Gasteiger partial charge on any atom is 0.269 e. The van der Waals surface area contributed by atoms with Crippen molar-refractivity contribution in [2.45, 2.75) is 65.2 Å². The molecule has 13 heteroatoms. The summed E-state index contributed by atoms with van der Waals surface area (Å²) >= 11 is 0. The van der Waals surface area contributed by atoms with E-state index in [1.54, 1.807) is 31.3 Å². The first-order chi connectivity index (χ1) is 26.7. The van der Waals surface area contributed by atoms with Gasteiger partial charge >= 0.3 is 0 Å². The molecule has 5 amide bonds. The molecule has 1 atom stereocenters. The quantitative estimate of drug-likeness (QED) is 0.144. The first-order valence-corrected chi connectivity index (χ1v) is 18.4. The van der Waals surface area contributed by atoms with Gasteiger partial charge in [-0.05, 0) is 53.8 Å². The molecule has 55 heavy (non-hydrogen) atoms. The minimum Gasteiger partial charge on any atom is -0.350 e. The van der Waals surface area contributed by atoms with E-state index < -0.39 is 11.9 Å². The van der Waals surface area contributed by atoms with Gasteiger partial charge in [-0.15, -0.1) is 0 Å². The predicted octanol–water partition coefficient (Wildman–Crippen LogP) is 4.02. The number of carbonyl (C=O) groups excluding carboxylic acids is 5. The lowest BCUT2D eigenvalue weighted by Gasteiger charge is -2.29. The average Bonchev–Trinajstić information content (AvgIpc) is 3.73. The summed E-state index contributed by atoms with van der Waals surface area (Å²) in [6, 6.07) is 16.3. The van der Waals surface area contributed by atoms with Gasteiger partial charge in [-0.2, -0.15) is 0 Å². The molecular weight excluding hydrogens is 697 g/mol. The highest BCUT2D eigenvalue weighted by Gasteiger charge is 2.39. The van der Waals surface area contributed by atoms with Gasteiger partial charge in [0.05, 0.1) is 23.6 Å². The van der Waals surface area contributed by atoms with Crippen molar-refractivity contribution in [1.29, 1.82) is 0 Å². The predicted molar refractivity (Wildman–Crippen MR) is 203 cm³/mol. The highest BCUT2D eigenvalue weighted by Crippen LogP contribution is 2.34. The number of piperidine rings is 1. The molecule has 1 fully saturated rings. The molecule has 5 aromatic rings. The molecule has 0 spiro atoms. The summed E-state index contributed by atoms with van der Waals surface area (Å²) < 4.78 is 2.24. The van der Waals surface area contributed by atoms with Crippen LogP contribution in [0.1, 0.15) is 76.6 Å². The first-order valence-electron chi connectivity index (χ1n) is 18.4. The van der Waals surface area contributed by atoms with E-state index in [1.165, 1.54) is 4.90 Å². The molecule has 1 saturated heterocycles. The van der Waals surface area contributed by atoms with Crippen molar-refractivity contribution in [3.63, 3.8) is 0 Å². The van der Waals surface area contributed by atoms with E-state index in [2.05, 4.69) is 45.0 Å². The Morgan fingerprint density at radius 1 is 0.982 bits per heavy atom. The maximum absolute atomic E-state index is 12.9. The fourth-order valence-corrected chi connectivity index (χ4v) is 7.56. The number of hydrogen-bond donors (Lipinski definition) is 2. The molecule has 0 radical (unpaired) electrons. The van der Waals surface area contributed by atoms with Crippen molar-refractivity contribution in [2.75, 3.05) is 13.1 Å². The van der Waals surface area contributed by atoms with Gasteiger partial charge in [0.2, 0.25) is 17.7 Å². The molecule has 8 rings (SSSR count). The van der Waals surface area contributed by atoms with Crippen LogP contribution in [0.3, 0.4) is 0 Å². The smallest absolute Gasteiger partial charge is 0.269 e. The summed E-state index contributed by atoms with van der Waals surface area (Å²) in [6.45, 7) is 6.23. The number of amides is 5. The number of aromatic nitrogens is 4. The number of nitrogens with zero attached hydrogens (tertiary/aromatic N) is 6. The Morgan fingerprint density at radius 3 is 2.64 bits per heavy atom. The monoisotopic (exact) mass is 734 g/mol. The largest absolute Gasteiger partial charge is 0.350 e. The van der Waals surface area contributed by atoms with Gasteiger partial charge in [-0.25, -0.2) is 4.98 Å². The normalized spacial score (nSPS) is 16.3. The molecule has 2 aromatic carbocycles. The van der Waals surface area contributed by atoms with E-state index >= 15 is 0 Å². The minimum atomic E-state index is -0.664. The summed E-state index contributed by atoms with van der Waals surface area (Å²) in [4.78, 5) is 79.4. The average molecular weight is 735 g/mol. The van der Waals surface area contributed by atoms with E-state index in [1.807, 2.05) is 41.4 Å². The Kier molecular flexibility index (Phi) is 9.40. The van der Waals surface area contributed by atoms with Gasteiger partial charge in [-0.1, -0.05) is 37.0 Å². The Balaban J connectivity index is 0.890. The molecule has 3 aromatic heterocycles. The molecule has 6 heterocycles. The number of fused-ring (bicyclic) bond motifs is 3. The van der Waals surface area contributed by atoms with Crippen LogP contribution in [0, 0.1) is 11.8 Å². The first kappa shape index (κ1) is 35.4. The van der Waals surface area contributed by atoms with Crippen LogP contribution in [0.25, 0.3) is 33.3 Å². The second-order valence-electron chi connectivity index (χ2n) is 13.9. The zero-order valence-electron chi connectivity index (χ0n) is 30.5. The molecule has 1 unspecified atom stereocenters. The van der Waals surface area contributed by atoms with E-state index in [4.69, 9.17) is 9.97 Å². The van der Waals surface area contributed by atoms with Crippen LogP contribution < -0.4 is 10.6 Å². The van der Waals surface area contributed by atoms with Crippen molar-refractivity contribution in [3.8, 4) is 34.4 Å². The standard InChI is InChI=1S/C42H38N8O5/c1-3-37-46-39(36-24-48(25(2)51)17-18-49(36)37)31-9-6-8-27-20-34(45-22-32(27)31)28-11-13-33(44-21-28)40(53)43-16-5-4-7-26-10-12-30-29(19-26)23-50(42(30)55)35-14-15-38(52)47-41(35)54/h6,8-13,19-22,35H,3,5,14-18,23-24H2,1-2H3,(H,43,53)(H,47,52,54). The van der Waals surface area contributed by atoms with E-state index in [9.17, 15) is 24.0 Å². The van der Waals surface area contributed by atoms with Gasteiger partial charge in [0, 0.05) is 92.4 Å². The van der Waals surface area contributed by atoms with Crippen LogP contribution in [-0.4, -0.2) is 78.0 Å². The molecule has 3 aliphatic heterocycles. The summed E-state index contributed by atoms with van der Waals surface area (Å²) in [5.74, 6) is 5.92. The van der Waals surface area contributed by atoms with Crippen molar-refractivity contribution in [3.05, 3.63) is 101 Å². The van der Waals surface area contributed by atoms with Crippen LogP contribution in [-0.2, 0) is 40.4 Å². The third kappa shape index (κ3) is 6.83. The Labute approximate surface area is 317 Å². The molecule has 13 nitrogen and oxygen atoms in total. The van der Waals surface area contributed by atoms with Crippen LogP contribution in [0.5, 0.6) is 0 Å². The highest BCUT2D eigenvalue weighted by molar-refractivity contribution is 6.05. The topological polar surface area (TPSA) is 159 Å². The summed E-state index contributed by atoms with van der Waals surface area (Å²) in [5, 5.41) is 7.13. The van der Waals surface area contributed by atoms with Gasteiger partial charge < -0.3 is 19.7 Å². The third-order valence-corrected chi connectivity index (χ3v) is 10.5. The van der Waals surface area contributed by atoms with Crippen LogP contribution in [0.2, 0.25) is 0 Å². The molecule has 276 valence electrons. The lowest BCUT2D eigenvalue weighted by Crippen LogP contribution is -2.52. The fourth-order valence-electron chi connectivity index (χ4n) is 7.56. The number of carbonyl (C=O) groups is 5. The zero-order valence-corrected chi connectivity index (χ0v) is 30.5. The Hall–Kier alpha value is -6.68. The summed E-state index contributed by atoms with van der Waals surface area (Å²) in [6.07, 6.45) is 5.21. The minimum absolute atomic E-state index is 0.0552. The van der Waals surface area contributed by atoms with E-state index in [0.717, 1.165) is 68.9 Å². The van der Waals surface area contributed by atoms with Crippen LogP contribution in [0.15, 0.2) is 67.0 Å². The number of rotatable bonds is 7. The van der Waals surface area contributed by atoms with E-state index in [-0.39, 0.29) is 42.3 Å². The Morgan fingerprint density at radius 2 is 1.85 bits per heavy atom. The fraction of sp³-hybridized carbons (Fsp3) is 0.286. The summed E-state index contributed by atoms with van der Waals surface area (Å²) in [5.41, 5.74) is 6.72. The molecular formula is C42H38N8O5. The number of imide groups is 1. The summed E-state index contributed by atoms with van der Waals surface area (Å²) in [7, 11) is 0. The number of aryl methyl sites for hydroxylation is 1. The Bertz CT molecular complexity index is 2480. The van der Waals surface area contributed by atoms with Crippen LogP contribution in [0.4, 0.5) is 0 Å². The van der Waals surface area contributed by atoms with Crippen molar-refractivity contribution in [2.24, 2.45) is 0 Å². The van der Waals surface area contributed by atoms with Crippen LogP contribution >= 0.6 is 0 Å². The number of benzene rings is 2. The SMILES string of the molecule is CCc1nc(-c2cccc3cc(-c4ccc(C(=O)NCCC#Cc5ccc6c(c5)CN(C5CCC(=O)NC5=O)C6=O)nc4)ncc23)c2n1CCN(C(C)=O)C2. The van der Waals surface area contributed by atoms with Gasteiger partial charge in [0.15, 0.2) is 0 Å². The number of hydrogen-bond acceptors (Lipinski definition) is 8. The van der Waals surface area contributed by atoms with Gasteiger partial charge in [0.25, 0.3) is 11.8 Å². The number of pyridine rings is 2. The zero-order chi connectivity index (χ0) is 38.2. The van der Waals surface area contributed by atoms with Crippen molar-refractivity contribution < 1.29 is 24.0 Å². The van der Waals surface area contributed by atoms with Crippen molar-refractivity contribution in [1.82, 2.24) is 40.0 Å². The molecule has 3 aliphatic rings. The number of imidazole rings is 1. The second-order valence-corrected chi connectivity index (χ2v) is 13.9. The van der Waals surface area contributed by atoms with Gasteiger partial charge in [-0.3, -0.25) is 39.3 Å². The lowest BCUT2D eigenvalue weighted by atomic mass is 10.0. The number of nitrogens with one attached hydrogen (secondary N) is 2. The molecule has 0 bridgehead atoms. The maximum atomic E-state index is 12.9. The third-order valence-electron chi connectivity index (χ3n) is 10.5. The molecule has 0 saturated carbocycles. The lowest BCUT2D eigenvalue weighted by molar-refractivity contribution is -0.137. The molecule has 2 N–H and O–H groups in total. The van der Waals surface area contributed by atoms with Gasteiger partial charge in [0.1, 0.15) is 17.6 Å². The molecule has 0 aliphatic carbocycles.